The largest absolute Gasteiger partial charge is 0.444 e. The minimum atomic E-state index is -0.522. The highest BCUT2D eigenvalue weighted by Crippen LogP contribution is 2.29. The molecule has 0 aromatic carbocycles. The van der Waals surface area contributed by atoms with Gasteiger partial charge in [0.2, 0.25) is 0 Å². The van der Waals surface area contributed by atoms with Crippen molar-refractivity contribution in [3.63, 3.8) is 0 Å². The monoisotopic (exact) mass is 335 g/mol. The maximum atomic E-state index is 12.2. The van der Waals surface area contributed by atoms with Crippen LogP contribution in [0.3, 0.4) is 0 Å². The Morgan fingerprint density at radius 1 is 1.42 bits per heavy atom. The SMILES string of the molecule is CC(C)=CCNC(=O)c1conc1C1CN(C(=O)OC(C)(C)C)C1. The van der Waals surface area contributed by atoms with E-state index in [1.54, 1.807) is 4.90 Å². The Hall–Kier alpha value is -2.31. The van der Waals surface area contributed by atoms with Gasteiger partial charge < -0.3 is 19.5 Å². The Morgan fingerprint density at radius 2 is 2.08 bits per heavy atom. The summed E-state index contributed by atoms with van der Waals surface area (Å²) in [4.78, 5) is 25.8. The lowest BCUT2D eigenvalue weighted by Crippen LogP contribution is -2.50. The first-order valence-corrected chi connectivity index (χ1v) is 8.01. The Balaban J connectivity index is 1.92. The fourth-order valence-electron chi connectivity index (χ4n) is 2.28. The lowest BCUT2D eigenvalue weighted by molar-refractivity contribution is 0.00761. The number of nitrogens with one attached hydrogen (secondary N) is 1. The van der Waals surface area contributed by atoms with Gasteiger partial charge >= 0.3 is 6.09 Å². The predicted molar refractivity (Wildman–Crippen MR) is 88.8 cm³/mol. The van der Waals surface area contributed by atoms with E-state index in [1.165, 1.54) is 6.26 Å². The molecule has 0 radical (unpaired) electrons. The maximum absolute atomic E-state index is 12.2. The Labute approximate surface area is 142 Å². The number of likely N-dealkylation sites (tertiary alicyclic amines) is 1. The van der Waals surface area contributed by atoms with E-state index in [0.29, 0.717) is 30.9 Å². The van der Waals surface area contributed by atoms with E-state index in [2.05, 4.69) is 10.5 Å². The Bertz CT molecular complexity index is 633. The van der Waals surface area contributed by atoms with Crippen molar-refractivity contribution >= 4 is 12.0 Å². The zero-order chi connectivity index (χ0) is 17.9. The first-order valence-electron chi connectivity index (χ1n) is 8.01. The van der Waals surface area contributed by atoms with E-state index in [9.17, 15) is 9.59 Å². The van der Waals surface area contributed by atoms with Crippen LogP contribution in [0.2, 0.25) is 0 Å². The molecule has 1 aliphatic heterocycles. The van der Waals surface area contributed by atoms with E-state index in [1.807, 2.05) is 40.7 Å². The molecule has 1 aliphatic rings. The predicted octanol–water partition coefficient (Wildman–Crippen LogP) is 2.70. The number of ether oxygens (including phenoxy) is 1. The molecule has 1 fully saturated rings. The summed E-state index contributed by atoms with van der Waals surface area (Å²) in [7, 11) is 0. The van der Waals surface area contributed by atoms with Gasteiger partial charge in [0.25, 0.3) is 5.91 Å². The van der Waals surface area contributed by atoms with Crippen molar-refractivity contribution in [2.24, 2.45) is 0 Å². The van der Waals surface area contributed by atoms with Crippen LogP contribution in [0.25, 0.3) is 0 Å². The zero-order valence-corrected chi connectivity index (χ0v) is 14.9. The smallest absolute Gasteiger partial charge is 0.410 e. The van der Waals surface area contributed by atoms with E-state index >= 15 is 0 Å². The van der Waals surface area contributed by atoms with Gasteiger partial charge in [0, 0.05) is 25.6 Å². The standard InChI is InChI=1S/C17H25N3O4/c1-11(2)6-7-18-15(21)13-10-23-19-14(13)12-8-20(9-12)16(22)24-17(3,4)5/h6,10,12H,7-9H2,1-5H3,(H,18,21). The highest BCUT2D eigenvalue weighted by atomic mass is 16.6. The second-order valence-corrected chi connectivity index (χ2v) is 7.19. The van der Waals surface area contributed by atoms with Gasteiger partial charge in [0.15, 0.2) is 0 Å². The second-order valence-electron chi connectivity index (χ2n) is 7.19. The van der Waals surface area contributed by atoms with Crippen molar-refractivity contribution in [2.45, 2.75) is 46.1 Å². The molecule has 7 heteroatoms. The first-order chi connectivity index (χ1) is 11.2. The summed E-state index contributed by atoms with van der Waals surface area (Å²) in [5, 5.41) is 6.75. The summed E-state index contributed by atoms with van der Waals surface area (Å²) < 4.78 is 10.3. The van der Waals surface area contributed by atoms with E-state index in [0.717, 1.165) is 5.57 Å². The number of aromatic nitrogens is 1. The van der Waals surface area contributed by atoms with Gasteiger partial charge in [-0.1, -0.05) is 16.8 Å². The topological polar surface area (TPSA) is 84.7 Å². The van der Waals surface area contributed by atoms with E-state index < -0.39 is 5.60 Å². The number of hydrogen-bond donors (Lipinski definition) is 1. The van der Waals surface area contributed by atoms with Crippen LogP contribution in [0.1, 0.15) is 56.6 Å². The third-order valence-electron chi connectivity index (χ3n) is 3.54. The van der Waals surface area contributed by atoms with Gasteiger partial charge in [0.1, 0.15) is 23.1 Å². The highest BCUT2D eigenvalue weighted by Gasteiger charge is 2.38. The second kappa shape index (κ2) is 7.07. The molecular formula is C17H25N3O4. The van der Waals surface area contributed by atoms with Crippen LogP contribution in [0.15, 0.2) is 22.4 Å². The molecule has 0 bridgehead atoms. The fourth-order valence-corrected chi connectivity index (χ4v) is 2.28. The number of allylic oxidation sites excluding steroid dienone is 1. The van der Waals surface area contributed by atoms with Gasteiger partial charge in [-0.05, 0) is 34.6 Å². The van der Waals surface area contributed by atoms with Crippen LogP contribution in [-0.4, -0.2) is 47.3 Å². The summed E-state index contributed by atoms with van der Waals surface area (Å²) in [5.74, 6) is -0.236. The molecule has 2 amide bonds. The van der Waals surface area contributed by atoms with Crippen LogP contribution in [0, 0.1) is 0 Å². The minimum Gasteiger partial charge on any atom is -0.444 e. The van der Waals surface area contributed by atoms with Crippen molar-refractivity contribution in [1.82, 2.24) is 15.4 Å². The van der Waals surface area contributed by atoms with Crippen molar-refractivity contribution < 1.29 is 18.8 Å². The van der Waals surface area contributed by atoms with Gasteiger partial charge in [-0.2, -0.15) is 0 Å². The number of carbonyl (C=O) groups is 2. The quantitative estimate of drug-likeness (QED) is 0.855. The molecule has 0 unspecified atom stereocenters. The number of rotatable bonds is 4. The van der Waals surface area contributed by atoms with Gasteiger partial charge in [0.05, 0.1) is 0 Å². The molecule has 1 saturated heterocycles. The van der Waals surface area contributed by atoms with E-state index in [-0.39, 0.29) is 17.9 Å². The maximum Gasteiger partial charge on any atom is 0.410 e. The molecule has 1 aromatic heterocycles. The van der Waals surface area contributed by atoms with Crippen molar-refractivity contribution in [3.8, 4) is 0 Å². The first kappa shape index (κ1) is 18.0. The molecule has 0 saturated carbocycles. The molecule has 0 spiro atoms. The fraction of sp³-hybridized carbons (Fsp3) is 0.588. The number of amides is 2. The molecule has 0 atom stereocenters. The molecule has 1 aromatic rings. The van der Waals surface area contributed by atoms with Crippen LogP contribution in [0.5, 0.6) is 0 Å². The molecule has 7 nitrogen and oxygen atoms in total. The normalized spacial score (nSPS) is 14.8. The summed E-state index contributed by atoms with van der Waals surface area (Å²) in [5.41, 5.74) is 1.62. The van der Waals surface area contributed by atoms with Crippen LogP contribution in [0.4, 0.5) is 4.79 Å². The number of carbonyl (C=O) groups excluding carboxylic acids is 2. The number of nitrogens with zero attached hydrogens (tertiary/aromatic N) is 2. The summed E-state index contributed by atoms with van der Waals surface area (Å²) >= 11 is 0. The number of hydrogen-bond acceptors (Lipinski definition) is 5. The van der Waals surface area contributed by atoms with Crippen molar-refractivity contribution in [1.29, 1.82) is 0 Å². The lowest BCUT2D eigenvalue weighted by atomic mass is 9.94. The van der Waals surface area contributed by atoms with E-state index in [4.69, 9.17) is 9.26 Å². The molecule has 2 rings (SSSR count). The zero-order valence-electron chi connectivity index (χ0n) is 14.9. The third kappa shape index (κ3) is 4.59. The Kier molecular flexibility index (Phi) is 5.31. The van der Waals surface area contributed by atoms with Crippen LogP contribution >= 0.6 is 0 Å². The molecule has 132 valence electrons. The van der Waals surface area contributed by atoms with Crippen molar-refractivity contribution in [2.75, 3.05) is 19.6 Å². The van der Waals surface area contributed by atoms with Gasteiger partial charge in [-0.3, -0.25) is 4.79 Å². The summed E-state index contributed by atoms with van der Waals surface area (Å²) in [6, 6.07) is 0. The molecule has 24 heavy (non-hydrogen) atoms. The average Bonchev–Trinajstić information content (AvgIpc) is 2.83. The van der Waals surface area contributed by atoms with Gasteiger partial charge in [-0.15, -0.1) is 0 Å². The van der Waals surface area contributed by atoms with Crippen molar-refractivity contribution in [3.05, 3.63) is 29.2 Å². The molecule has 1 N–H and O–H groups in total. The average molecular weight is 335 g/mol. The third-order valence-corrected chi connectivity index (χ3v) is 3.54. The van der Waals surface area contributed by atoms with Crippen LogP contribution in [-0.2, 0) is 4.74 Å². The summed E-state index contributed by atoms with van der Waals surface area (Å²) in [6.07, 6.45) is 2.93. The lowest BCUT2D eigenvalue weighted by Gasteiger charge is -2.39. The minimum absolute atomic E-state index is 0.0135. The molecule has 0 aliphatic carbocycles. The molecular weight excluding hydrogens is 310 g/mol. The van der Waals surface area contributed by atoms with Crippen LogP contribution < -0.4 is 5.32 Å². The Morgan fingerprint density at radius 3 is 2.67 bits per heavy atom. The summed E-state index contributed by atoms with van der Waals surface area (Å²) in [6.45, 7) is 10.8. The highest BCUT2D eigenvalue weighted by molar-refractivity contribution is 5.95. The molecule has 2 heterocycles. The van der Waals surface area contributed by atoms with Gasteiger partial charge in [-0.25, -0.2) is 4.79 Å².